The van der Waals surface area contributed by atoms with Crippen molar-refractivity contribution < 1.29 is 28.8 Å². The van der Waals surface area contributed by atoms with Crippen LogP contribution in [0, 0.1) is 0 Å². The molecule has 1 heterocycles. The maximum atomic E-state index is 12.5. The van der Waals surface area contributed by atoms with Gasteiger partial charge in [0.1, 0.15) is 0 Å². The molecule has 0 spiro atoms. The van der Waals surface area contributed by atoms with Gasteiger partial charge in [0, 0.05) is 0 Å². The first-order chi connectivity index (χ1) is 12.5. The minimum Gasteiger partial charge on any atom is -0.465 e. The molecule has 0 aromatic heterocycles. The third-order valence-electron chi connectivity index (χ3n) is 4.59. The minimum absolute atomic E-state index is 0.187. The predicted molar refractivity (Wildman–Crippen MR) is 96.4 cm³/mol. The van der Waals surface area contributed by atoms with Crippen molar-refractivity contribution in [3.63, 3.8) is 0 Å². The molecular weight excluding hydrogens is 336 g/mol. The van der Waals surface area contributed by atoms with Crippen LogP contribution >= 0.6 is 0 Å². The van der Waals surface area contributed by atoms with Crippen molar-refractivity contribution in [2.75, 3.05) is 39.2 Å². The summed E-state index contributed by atoms with van der Waals surface area (Å²) in [6.07, 6.45) is 5.92. The van der Waals surface area contributed by atoms with Gasteiger partial charge >= 0.3 is 11.9 Å². The molecule has 1 fully saturated rings. The van der Waals surface area contributed by atoms with E-state index in [9.17, 15) is 14.4 Å². The number of ether oxygens (including phenoxy) is 2. The van der Waals surface area contributed by atoms with Crippen molar-refractivity contribution in [1.82, 2.24) is 0 Å². The molecule has 0 radical (unpaired) electrons. The quantitative estimate of drug-likeness (QED) is 0.764. The number of nitrogens with one attached hydrogen (secondary N) is 2. The number of quaternary nitrogens is 1. The van der Waals surface area contributed by atoms with Crippen LogP contribution < -0.4 is 10.2 Å². The summed E-state index contributed by atoms with van der Waals surface area (Å²) in [5, 5.41) is 2.76. The molecule has 1 aromatic rings. The Hall–Kier alpha value is -2.41. The molecule has 0 bridgehead atoms. The van der Waals surface area contributed by atoms with Crippen LogP contribution in [-0.2, 0) is 14.3 Å². The van der Waals surface area contributed by atoms with Crippen molar-refractivity contribution in [3.8, 4) is 0 Å². The third kappa shape index (κ3) is 5.56. The second-order valence-electron chi connectivity index (χ2n) is 6.49. The average molecular weight is 363 g/mol. The molecule has 0 unspecified atom stereocenters. The number of methoxy groups -OCH3 is 2. The van der Waals surface area contributed by atoms with Gasteiger partial charge in [0.25, 0.3) is 5.91 Å². The number of rotatable bonds is 5. The highest BCUT2D eigenvalue weighted by atomic mass is 16.5. The molecule has 0 atom stereocenters. The lowest BCUT2D eigenvalue weighted by Gasteiger charge is -2.21. The lowest BCUT2D eigenvalue weighted by atomic mass is 10.1. The summed E-state index contributed by atoms with van der Waals surface area (Å²) in [6, 6.07) is 4.37. The van der Waals surface area contributed by atoms with Crippen LogP contribution in [0.1, 0.15) is 52.8 Å². The number of esters is 2. The number of benzene rings is 1. The summed E-state index contributed by atoms with van der Waals surface area (Å²) in [5.74, 6) is -1.30. The van der Waals surface area contributed by atoms with E-state index in [1.165, 1.54) is 56.6 Å². The van der Waals surface area contributed by atoms with E-state index < -0.39 is 11.9 Å². The Bertz CT molecular complexity index is 651. The van der Waals surface area contributed by atoms with E-state index in [2.05, 4.69) is 5.32 Å². The molecule has 1 saturated heterocycles. The normalized spacial score (nSPS) is 15.5. The monoisotopic (exact) mass is 363 g/mol. The molecule has 0 aliphatic carbocycles. The van der Waals surface area contributed by atoms with Crippen LogP contribution in [0.5, 0.6) is 0 Å². The zero-order chi connectivity index (χ0) is 18.9. The fraction of sp³-hybridized carbons (Fsp3) is 0.526. The van der Waals surface area contributed by atoms with Gasteiger partial charge in [0.05, 0.1) is 44.1 Å². The molecular formula is C19H27N2O5+. The summed E-state index contributed by atoms with van der Waals surface area (Å²) < 4.78 is 9.45. The Labute approximate surface area is 153 Å². The lowest BCUT2D eigenvalue weighted by molar-refractivity contribution is -0.892. The Morgan fingerprint density at radius 2 is 1.58 bits per heavy atom. The van der Waals surface area contributed by atoms with E-state index in [4.69, 9.17) is 9.47 Å². The largest absolute Gasteiger partial charge is 0.465 e. The zero-order valence-corrected chi connectivity index (χ0v) is 15.4. The number of hydrogen-bond donors (Lipinski definition) is 2. The highest BCUT2D eigenvalue weighted by Crippen LogP contribution is 2.19. The number of likely N-dealkylation sites (tertiary alicyclic amines) is 1. The summed E-state index contributed by atoms with van der Waals surface area (Å²) in [4.78, 5) is 37.4. The second-order valence-corrected chi connectivity index (χ2v) is 6.49. The van der Waals surface area contributed by atoms with E-state index >= 15 is 0 Å². The van der Waals surface area contributed by atoms with Gasteiger partial charge in [0.2, 0.25) is 0 Å². The first-order valence-corrected chi connectivity index (χ1v) is 8.99. The Morgan fingerprint density at radius 3 is 2.19 bits per heavy atom. The third-order valence-corrected chi connectivity index (χ3v) is 4.59. The molecule has 1 aliphatic heterocycles. The highest BCUT2D eigenvalue weighted by Gasteiger charge is 2.20. The first-order valence-electron chi connectivity index (χ1n) is 8.99. The number of anilines is 1. The van der Waals surface area contributed by atoms with Crippen LogP contribution in [0.15, 0.2) is 18.2 Å². The van der Waals surface area contributed by atoms with Gasteiger partial charge in [-0.05, 0) is 43.9 Å². The number of carbonyl (C=O) groups is 3. The van der Waals surface area contributed by atoms with Gasteiger partial charge in [-0.3, -0.25) is 4.79 Å². The molecule has 7 nitrogen and oxygen atoms in total. The summed E-state index contributed by atoms with van der Waals surface area (Å²) in [6.45, 7) is 2.28. The standard InChI is InChI=1S/C19H26N2O5/c1-25-18(23)14-8-9-15(19(24)26-2)16(12-14)20-17(22)13-21-10-6-4-3-5-7-11-21/h8-9,12H,3-7,10-11,13H2,1-2H3,(H,20,22)/p+1. The molecule has 2 N–H and O–H groups in total. The van der Waals surface area contributed by atoms with E-state index in [1.807, 2.05) is 0 Å². The fourth-order valence-corrected chi connectivity index (χ4v) is 3.18. The van der Waals surface area contributed by atoms with Crippen molar-refractivity contribution in [3.05, 3.63) is 29.3 Å². The number of carbonyl (C=O) groups excluding carboxylic acids is 3. The SMILES string of the molecule is COC(=O)c1ccc(C(=O)OC)c(NC(=O)C[NH+]2CCCCCCC2)c1. The maximum absolute atomic E-state index is 12.5. The fourth-order valence-electron chi connectivity index (χ4n) is 3.18. The van der Waals surface area contributed by atoms with Crippen LogP contribution in [0.4, 0.5) is 5.69 Å². The average Bonchev–Trinajstić information content (AvgIpc) is 2.62. The maximum Gasteiger partial charge on any atom is 0.339 e. The van der Waals surface area contributed by atoms with E-state index in [-0.39, 0.29) is 22.7 Å². The summed E-state index contributed by atoms with van der Waals surface area (Å²) in [5.41, 5.74) is 0.724. The molecule has 26 heavy (non-hydrogen) atoms. The highest BCUT2D eigenvalue weighted by molar-refractivity contribution is 6.03. The van der Waals surface area contributed by atoms with Gasteiger partial charge in [-0.25, -0.2) is 9.59 Å². The van der Waals surface area contributed by atoms with E-state index in [0.29, 0.717) is 6.54 Å². The smallest absolute Gasteiger partial charge is 0.339 e. The number of hydrogen-bond acceptors (Lipinski definition) is 5. The molecule has 142 valence electrons. The van der Waals surface area contributed by atoms with Crippen molar-refractivity contribution >= 4 is 23.5 Å². The van der Waals surface area contributed by atoms with Gasteiger partial charge in [-0.15, -0.1) is 0 Å². The lowest BCUT2D eigenvalue weighted by Crippen LogP contribution is -3.13. The number of amides is 1. The molecule has 1 aliphatic rings. The van der Waals surface area contributed by atoms with Crippen molar-refractivity contribution in [2.45, 2.75) is 32.1 Å². The second kappa shape index (κ2) is 9.91. The van der Waals surface area contributed by atoms with E-state index in [1.54, 1.807) is 0 Å². The Morgan fingerprint density at radius 1 is 0.962 bits per heavy atom. The predicted octanol–water partition coefficient (Wildman–Crippen LogP) is 1.05. The van der Waals surface area contributed by atoms with Crippen LogP contribution in [-0.4, -0.2) is 51.7 Å². The molecule has 1 amide bonds. The Balaban J connectivity index is 2.12. The van der Waals surface area contributed by atoms with E-state index in [0.717, 1.165) is 25.9 Å². The van der Waals surface area contributed by atoms with Gasteiger partial charge in [-0.1, -0.05) is 6.42 Å². The van der Waals surface area contributed by atoms with Crippen LogP contribution in [0.25, 0.3) is 0 Å². The first kappa shape index (κ1) is 19.9. The molecule has 1 aromatic carbocycles. The molecule has 2 rings (SSSR count). The van der Waals surface area contributed by atoms with Crippen LogP contribution in [0.3, 0.4) is 0 Å². The zero-order valence-electron chi connectivity index (χ0n) is 15.4. The van der Waals surface area contributed by atoms with Gasteiger partial charge < -0.3 is 19.7 Å². The topological polar surface area (TPSA) is 86.1 Å². The molecule has 7 heteroatoms. The van der Waals surface area contributed by atoms with Gasteiger partial charge in [0.15, 0.2) is 6.54 Å². The summed E-state index contributed by atoms with van der Waals surface area (Å²) >= 11 is 0. The summed E-state index contributed by atoms with van der Waals surface area (Å²) in [7, 11) is 2.55. The van der Waals surface area contributed by atoms with Crippen molar-refractivity contribution in [1.29, 1.82) is 0 Å². The minimum atomic E-state index is -0.574. The van der Waals surface area contributed by atoms with Crippen LogP contribution in [0.2, 0.25) is 0 Å². The Kier molecular flexibility index (Phi) is 7.59. The van der Waals surface area contributed by atoms with Gasteiger partial charge in [-0.2, -0.15) is 0 Å². The van der Waals surface area contributed by atoms with Crippen molar-refractivity contribution in [2.24, 2.45) is 0 Å². The molecule has 0 saturated carbocycles.